The molecule has 3 aromatic rings. The average molecular weight is 798 g/mol. The first-order valence-corrected chi connectivity index (χ1v) is 16.8. The summed E-state index contributed by atoms with van der Waals surface area (Å²) in [6, 6.07) is 9.38. The molecule has 3 N–H and O–H groups in total. The van der Waals surface area contributed by atoms with Crippen molar-refractivity contribution in [1.82, 2.24) is 25.4 Å². The van der Waals surface area contributed by atoms with Crippen LogP contribution in [0.3, 0.4) is 0 Å². The lowest BCUT2D eigenvalue weighted by atomic mass is 9.89. The van der Waals surface area contributed by atoms with Crippen molar-refractivity contribution in [2.75, 3.05) is 49.5 Å². The third kappa shape index (κ3) is 9.04. The highest BCUT2D eigenvalue weighted by atomic mass is 35.5. The molecule has 6 rings (SSSR count). The number of pyridine rings is 1. The largest absolute Gasteiger partial charge is 0.476 e. The van der Waals surface area contributed by atoms with Crippen LogP contribution in [0.4, 0.5) is 42.5 Å². The molecule has 2 aromatic carbocycles. The SMILES string of the molecule is Cl.O=C(CC1NC(=O)NC1=O)Nc1ccccc1N1CCN(C(=O)C2(Oc3ccc(C(F)(F)F)cc3)CCCN(C(=O)c3cnccc3C(F)(F)F)C2)CC1. The Balaban J connectivity index is 0.00000580. The second kappa shape index (κ2) is 16.0. The predicted octanol–water partition coefficient (Wildman–Crippen LogP) is 4.48. The summed E-state index contributed by atoms with van der Waals surface area (Å²) in [6.07, 6.45) is -8.01. The van der Waals surface area contributed by atoms with E-state index in [9.17, 15) is 50.3 Å². The first kappa shape index (κ1) is 40.6. The Labute approximate surface area is 315 Å². The molecule has 3 aliphatic rings. The van der Waals surface area contributed by atoms with Crippen LogP contribution in [0.25, 0.3) is 0 Å². The van der Waals surface area contributed by atoms with Gasteiger partial charge in [-0.3, -0.25) is 29.5 Å². The van der Waals surface area contributed by atoms with Crippen LogP contribution in [0.15, 0.2) is 67.0 Å². The average Bonchev–Trinajstić information content (AvgIpc) is 3.46. The standard InChI is InChI=1S/C35H33F6N7O6.ClH/c36-34(37,38)21-6-8-22(9-7-21)54-33(11-3-13-48(20-33)30(51)23-19-42-12-10-24(23)35(39,40)41)31(52)47-16-14-46(15-17-47)27-5-2-1-4-25(27)43-28(49)18-26-29(50)45-32(53)44-26;/h1-2,4-10,12,19,26H,3,11,13-18,20H2,(H,43,49)(H2,44,45,50,53);1H. The number of halogens is 7. The maximum absolute atomic E-state index is 14.5. The minimum absolute atomic E-state index is 0. The number of ether oxygens (including phenoxy) is 1. The molecule has 13 nitrogen and oxygen atoms in total. The highest BCUT2D eigenvalue weighted by molar-refractivity contribution is 6.07. The Morgan fingerprint density at radius 2 is 1.58 bits per heavy atom. The number of hydrogen-bond donors (Lipinski definition) is 3. The van der Waals surface area contributed by atoms with Crippen LogP contribution >= 0.6 is 12.4 Å². The Morgan fingerprint density at radius 1 is 0.891 bits per heavy atom. The Kier molecular flexibility index (Phi) is 11.8. The summed E-state index contributed by atoms with van der Waals surface area (Å²) >= 11 is 0. The summed E-state index contributed by atoms with van der Waals surface area (Å²) in [5.41, 5.74) is -3.76. The number of rotatable bonds is 8. The van der Waals surface area contributed by atoms with E-state index in [0.29, 0.717) is 17.4 Å². The molecule has 0 aliphatic carbocycles. The lowest BCUT2D eigenvalue weighted by Gasteiger charge is -2.46. The number of aromatic nitrogens is 1. The van der Waals surface area contributed by atoms with E-state index in [1.165, 1.54) is 4.90 Å². The van der Waals surface area contributed by atoms with Gasteiger partial charge in [0.05, 0.1) is 41.0 Å². The van der Waals surface area contributed by atoms with Crippen LogP contribution in [0.2, 0.25) is 0 Å². The third-order valence-electron chi connectivity index (χ3n) is 9.32. The Morgan fingerprint density at radius 3 is 2.22 bits per heavy atom. The summed E-state index contributed by atoms with van der Waals surface area (Å²) in [5, 5.41) is 7.17. The number of carbonyl (C=O) groups excluding carboxylic acids is 5. The van der Waals surface area contributed by atoms with Crippen LogP contribution in [0.1, 0.15) is 40.7 Å². The zero-order valence-electron chi connectivity index (χ0n) is 28.7. The summed E-state index contributed by atoms with van der Waals surface area (Å²) in [7, 11) is 0. The maximum Gasteiger partial charge on any atom is 0.417 e. The lowest BCUT2D eigenvalue weighted by Crippen LogP contribution is -2.64. The van der Waals surface area contributed by atoms with Gasteiger partial charge in [0.25, 0.3) is 17.7 Å². The molecule has 20 heteroatoms. The molecule has 0 saturated carbocycles. The summed E-state index contributed by atoms with van der Waals surface area (Å²) in [6.45, 7) is 0.161. The van der Waals surface area contributed by atoms with Gasteiger partial charge >= 0.3 is 18.4 Å². The van der Waals surface area contributed by atoms with E-state index in [0.717, 1.165) is 41.6 Å². The van der Waals surface area contributed by atoms with Gasteiger partial charge in [0, 0.05) is 45.1 Å². The van der Waals surface area contributed by atoms with E-state index in [2.05, 4.69) is 20.9 Å². The van der Waals surface area contributed by atoms with Gasteiger partial charge in [-0.2, -0.15) is 26.3 Å². The zero-order valence-corrected chi connectivity index (χ0v) is 29.5. The minimum Gasteiger partial charge on any atom is -0.476 e. The number of benzene rings is 2. The first-order valence-electron chi connectivity index (χ1n) is 16.8. The number of carbonyl (C=O) groups is 5. The predicted molar refractivity (Wildman–Crippen MR) is 185 cm³/mol. The van der Waals surface area contributed by atoms with Gasteiger partial charge < -0.3 is 30.1 Å². The van der Waals surface area contributed by atoms with E-state index < -0.39 is 76.9 Å². The van der Waals surface area contributed by atoms with Crippen molar-refractivity contribution in [1.29, 1.82) is 0 Å². The molecule has 0 bridgehead atoms. The Hall–Kier alpha value is -5.59. The topological polar surface area (TPSA) is 153 Å². The van der Waals surface area contributed by atoms with Gasteiger partial charge in [-0.15, -0.1) is 12.4 Å². The molecule has 0 spiro atoms. The molecule has 55 heavy (non-hydrogen) atoms. The minimum atomic E-state index is -4.88. The number of para-hydroxylation sites is 2. The van der Waals surface area contributed by atoms with Crippen molar-refractivity contribution < 1.29 is 55.1 Å². The van der Waals surface area contributed by atoms with Crippen molar-refractivity contribution >= 4 is 53.4 Å². The van der Waals surface area contributed by atoms with Crippen molar-refractivity contribution in [3.63, 3.8) is 0 Å². The molecule has 3 aliphatic heterocycles. The lowest BCUT2D eigenvalue weighted by molar-refractivity contribution is -0.153. The normalized spacial score (nSPS) is 20.3. The van der Waals surface area contributed by atoms with Gasteiger partial charge in [-0.25, -0.2) is 4.79 Å². The number of piperidine rings is 1. The number of nitrogens with one attached hydrogen (secondary N) is 3. The molecular formula is C35H34ClF6N7O6. The molecule has 0 radical (unpaired) electrons. The molecule has 3 fully saturated rings. The van der Waals surface area contributed by atoms with Gasteiger partial charge in [-0.05, 0) is 55.3 Å². The molecule has 294 valence electrons. The summed E-state index contributed by atoms with van der Waals surface area (Å²) in [4.78, 5) is 72.3. The van der Waals surface area contributed by atoms with Crippen LogP contribution < -0.4 is 25.6 Å². The smallest absolute Gasteiger partial charge is 0.417 e. The van der Waals surface area contributed by atoms with Gasteiger partial charge in [0.15, 0.2) is 0 Å². The number of amides is 6. The molecule has 4 heterocycles. The van der Waals surface area contributed by atoms with E-state index in [1.54, 1.807) is 24.3 Å². The number of piperazine rings is 1. The first-order chi connectivity index (χ1) is 25.5. The van der Waals surface area contributed by atoms with Crippen LogP contribution in [0, 0.1) is 0 Å². The van der Waals surface area contributed by atoms with E-state index >= 15 is 0 Å². The maximum atomic E-state index is 14.5. The highest BCUT2D eigenvalue weighted by Gasteiger charge is 2.49. The second-order valence-electron chi connectivity index (χ2n) is 12.9. The fourth-order valence-electron chi connectivity index (χ4n) is 6.70. The number of nitrogens with zero attached hydrogens (tertiary/aromatic N) is 4. The number of urea groups is 1. The van der Waals surface area contributed by atoms with Gasteiger partial charge in [-0.1, -0.05) is 12.1 Å². The number of anilines is 2. The van der Waals surface area contributed by atoms with E-state index in [-0.39, 0.29) is 70.1 Å². The number of hydrogen-bond acceptors (Lipinski definition) is 8. The number of alkyl halides is 6. The van der Waals surface area contributed by atoms with Crippen LogP contribution in [0.5, 0.6) is 5.75 Å². The van der Waals surface area contributed by atoms with Gasteiger partial charge in [0.1, 0.15) is 11.8 Å². The number of imide groups is 1. The molecule has 6 amide bonds. The van der Waals surface area contributed by atoms with Crippen LogP contribution in [-0.4, -0.2) is 95.4 Å². The zero-order chi connectivity index (χ0) is 38.8. The van der Waals surface area contributed by atoms with Crippen molar-refractivity contribution in [3.8, 4) is 5.75 Å². The van der Waals surface area contributed by atoms with Crippen LogP contribution in [-0.2, 0) is 26.7 Å². The number of likely N-dealkylation sites (tertiary alicyclic amines) is 1. The Bertz CT molecular complexity index is 1940. The molecule has 2 atom stereocenters. The molecule has 1 aromatic heterocycles. The molecular weight excluding hydrogens is 764 g/mol. The van der Waals surface area contributed by atoms with E-state index in [4.69, 9.17) is 4.74 Å². The molecule has 3 saturated heterocycles. The third-order valence-corrected chi connectivity index (χ3v) is 9.32. The van der Waals surface area contributed by atoms with Crippen molar-refractivity contribution in [2.45, 2.75) is 43.3 Å². The quantitative estimate of drug-likeness (QED) is 0.223. The van der Waals surface area contributed by atoms with Crippen molar-refractivity contribution in [2.24, 2.45) is 0 Å². The summed E-state index contributed by atoms with van der Waals surface area (Å²) in [5.74, 6) is -2.92. The van der Waals surface area contributed by atoms with E-state index in [1.807, 2.05) is 4.90 Å². The fourth-order valence-corrected chi connectivity index (χ4v) is 6.70. The monoisotopic (exact) mass is 797 g/mol. The second-order valence-corrected chi connectivity index (χ2v) is 12.9. The van der Waals surface area contributed by atoms with Crippen molar-refractivity contribution in [3.05, 3.63) is 83.7 Å². The fraction of sp³-hybridized carbons (Fsp3) is 0.371. The summed E-state index contributed by atoms with van der Waals surface area (Å²) < 4.78 is 87.6. The highest BCUT2D eigenvalue weighted by Crippen LogP contribution is 2.37. The van der Waals surface area contributed by atoms with Gasteiger partial charge in [0.2, 0.25) is 11.5 Å². The molecule has 2 unspecified atom stereocenters.